The van der Waals surface area contributed by atoms with Gasteiger partial charge in [0.15, 0.2) is 0 Å². The molecule has 10 heteroatoms. The number of sulfonamides is 2. The third-order valence-corrected chi connectivity index (χ3v) is 7.52. The molecular formula is C20H19BrN2O5S2. The lowest BCUT2D eigenvalue weighted by Gasteiger charge is -2.11. The molecule has 0 atom stereocenters. The van der Waals surface area contributed by atoms with E-state index in [-0.39, 0.29) is 15.5 Å². The zero-order valence-corrected chi connectivity index (χ0v) is 19.3. The summed E-state index contributed by atoms with van der Waals surface area (Å²) in [6, 6.07) is 16.8. The molecule has 0 unspecified atom stereocenters. The van der Waals surface area contributed by atoms with Gasteiger partial charge in [0.05, 0.1) is 21.4 Å². The molecule has 0 radical (unpaired) electrons. The largest absolute Gasteiger partial charge is 0.496 e. The van der Waals surface area contributed by atoms with Gasteiger partial charge in [-0.05, 0) is 83.0 Å². The van der Waals surface area contributed by atoms with Crippen LogP contribution >= 0.6 is 15.9 Å². The molecule has 0 aromatic heterocycles. The van der Waals surface area contributed by atoms with Gasteiger partial charge in [-0.2, -0.15) is 0 Å². The first kappa shape index (κ1) is 22.1. The van der Waals surface area contributed by atoms with Crippen LogP contribution < -0.4 is 14.2 Å². The van der Waals surface area contributed by atoms with Gasteiger partial charge in [0.1, 0.15) is 5.75 Å². The van der Waals surface area contributed by atoms with Crippen LogP contribution in [0.4, 0.5) is 11.4 Å². The van der Waals surface area contributed by atoms with Gasteiger partial charge < -0.3 is 4.74 Å². The fraction of sp³-hybridized carbons (Fsp3) is 0.100. The molecule has 0 amide bonds. The summed E-state index contributed by atoms with van der Waals surface area (Å²) in [5.74, 6) is 0.504. The first-order valence-electron chi connectivity index (χ1n) is 8.67. The average molecular weight is 511 g/mol. The van der Waals surface area contributed by atoms with Gasteiger partial charge >= 0.3 is 0 Å². The Morgan fingerprint density at radius 3 is 1.97 bits per heavy atom. The van der Waals surface area contributed by atoms with Gasteiger partial charge in [-0.15, -0.1) is 0 Å². The second-order valence-electron chi connectivity index (χ2n) is 6.40. The lowest BCUT2D eigenvalue weighted by molar-refractivity contribution is 0.411. The Bertz CT molecular complexity index is 1270. The van der Waals surface area contributed by atoms with Crippen molar-refractivity contribution in [1.82, 2.24) is 0 Å². The fourth-order valence-electron chi connectivity index (χ4n) is 2.65. The maximum Gasteiger partial charge on any atom is 0.261 e. The molecule has 0 bridgehead atoms. The summed E-state index contributed by atoms with van der Waals surface area (Å²) in [5.41, 5.74) is 1.60. The summed E-state index contributed by atoms with van der Waals surface area (Å²) in [6.45, 7) is 1.86. The van der Waals surface area contributed by atoms with Gasteiger partial charge in [-0.3, -0.25) is 9.44 Å². The molecule has 0 saturated carbocycles. The van der Waals surface area contributed by atoms with Crippen molar-refractivity contribution in [3.8, 4) is 5.75 Å². The van der Waals surface area contributed by atoms with E-state index < -0.39 is 20.0 Å². The monoisotopic (exact) mass is 510 g/mol. The Labute approximate surface area is 184 Å². The van der Waals surface area contributed by atoms with Gasteiger partial charge in [0.25, 0.3) is 20.0 Å². The molecular weight excluding hydrogens is 492 g/mol. The molecule has 0 heterocycles. The highest BCUT2D eigenvalue weighted by Gasteiger charge is 2.18. The van der Waals surface area contributed by atoms with Gasteiger partial charge in [-0.25, -0.2) is 16.8 Å². The third kappa shape index (κ3) is 5.13. The minimum absolute atomic E-state index is 0.0131. The maximum atomic E-state index is 12.6. The molecule has 3 aromatic rings. The number of ether oxygens (including phenoxy) is 1. The van der Waals surface area contributed by atoms with Crippen molar-refractivity contribution in [1.29, 1.82) is 0 Å². The van der Waals surface area contributed by atoms with E-state index in [9.17, 15) is 16.8 Å². The van der Waals surface area contributed by atoms with E-state index in [0.29, 0.717) is 15.9 Å². The van der Waals surface area contributed by atoms with Crippen LogP contribution in [0.1, 0.15) is 5.56 Å². The van der Waals surface area contributed by atoms with Crippen molar-refractivity contribution in [2.75, 3.05) is 16.6 Å². The van der Waals surface area contributed by atoms with Gasteiger partial charge in [0, 0.05) is 11.4 Å². The van der Waals surface area contributed by atoms with Crippen molar-refractivity contribution in [2.45, 2.75) is 16.7 Å². The number of halogens is 1. The summed E-state index contributed by atoms with van der Waals surface area (Å²) < 4.78 is 60.9. The Hall–Kier alpha value is -2.56. The van der Waals surface area contributed by atoms with E-state index in [1.165, 1.54) is 49.6 Å². The van der Waals surface area contributed by atoms with Crippen molar-refractivity contribution in [3.63, 3.8) is 0 Å². The first-order chi connectivity index (χ1) is 14.1. The number of benzene rings is 3. The molecule has 7 nitrogen and oxygen atoms in total. The Morgan fingerprint density at radius 1 is 0.767 bits per heavy atom. The van der Waals surface area contributed by atoms with Crippen LogP contribution in [0, 0.1) is 6.92 Å². The molecule has 2 N–H and O–H groups in total. The number of anilines is 2. The minimum atomic E-state index is -3.86. The topological polar surface area (TPSA) is 102 Å². The smallest absolute Gasteiger partial charge is 0.261 e. The standard InChI is InChI=1S/C20H19BrN2O5S2/c1-14-4-3-5-16(12-14)23-29(24,25)17-8-6-15(7-9-17)22-30(26,27)18-10-11-20(28-2)19(21)13-18/h3-13,22-23H,1-2H3. The molecule has 0 saturated heterocycles. The number of aryl methyl sites for hydroxylation is 1. The van der Waals surface area contributed by atoms with E-state index >= 15 is 0 Å². The quantitative estimate of drug-likeness (QED) is 0.491. The summed E-state index contributed by atoms with van der Waals surface area (Å²) >= 11 is 3.26. The van der Waals surface area contributed by atoms with Crippen LogP contribution in [0.25, 0.3) is 0 Å². The van der Waals surface area contributed by atoms with Crippen LogP contribution in [-0.2, 0) is 20.0 Å². The number of rotatable bonds is 7. The molecule has 0 aliphatic rings. The lowest BCUT2D eigenvalue weighted by atomic mass is 10.2. The predicted molar refractivity (Wildman–Crippen MR) is 120 cm³/mol. The van der Waals surface area contributed by atoms with Crippen LogP contribution in [0.5, 0.6) is 5.75 Å². The Balaban J connectivity index is 1.79. The molecule has 158 valence electrons. The summed E-state index contributed by atoms with van der Waals surface area (Å²) in [6.07, 6.45) is 0. The second-order valence-corrected chi connectivity index (χ2v) is 10.6. The van der Waals surface area contributed by atoms with Crippen LogP contribution in [-0.4, -0.2) is 23.9 Å². The highest BCUT2D eigenvalue weighted by molar-refractivity contribution is 9.10. The van der Waals surface area contributed by atoms with E-state index in [2.05, 4.69) is 25.4 Å². The van der Waals surface area contributed by atoms with Crippen molar-refractivity contribution in [3.05, 3.63) is 76.8 Å². The molecule has 0 spiro atoms. The van der Waals surface area contributed by atoms with E-state index in [1.807, 2.05) is 13.0 Å². The normalized spacial score (nSPS) is 11.7. The lowest BCUT2D eigenvalue weighted by Crippen LogP contribution is -2.14. The highest BCUT2D eigenvalue weighted by Crippen LogP contribution is 2.28. The van der Waals surface area contributed by atoms with E-state index in [4.69, 9.17) is 4.74 Å². The molecule has 0 fully saturated rings. The van der Waals surface area contributed by atoms with Crippen molar-refractivity contribution < 1.29 is 21.6 Å². The van der Waals surface area contributed by atoms with Crippen LogP contribution in [0.2, 0.25) is 0 Å². The van der Waals surface area contributed by atoms with Gasteiger partial charge in [-0.1, -0.05) is 12.1 Å². The Morgan fingerprint density at radius 2 is 1.37 bits per heavy atom. The Kier molecular flexibility index (Phi) is 6.39. The number of methoxy groups -OCH3 is 1. The van der Waals surface area contributed by atoms with Crippen molar-refractivity contribution in [2.24, 2.45) is 0 Å². The molecule has 3 aromatic carbocycles. The maximum absolute atomic E-state index is 12.6. The molecule has 0 aliphatic carbocycles. The predicted octanol–water partition coefficient (Wildman–Crippen LogP) is 4.37. The first-order valence-corrected chi connectivity index (χ1v) is 12.4. The summed E-state index contributed by atoms with van der Waals surface area (Å²) in [4.78, 5) is 0.0483. The van der Waals surface area contributed by atoms with Gasteiger partial charge in [0.2, 0.25) is 0 Å². The third-order valence-electron chi connectivity index (χ3n) is 4.12. The highest BCUT2D eigenvalue weighted by atomic mass is 79.9. The molecule has 30 heavy (non-hydrogen) atoms. The second kappa shape index (κ2) is 8.66. The SMILES string of the molecule is COc1ccc(S(=O)(=O)Nc2ccc(S(=O)(=O)Nc3cccc(C)c3)cc2)cc1Br. The molecule has 0 aliphatic heterocycles. The number of nitrogens with one attached hydrogen (secondary N) is 2. The fourth-order valence-corrected chi connectivity index (χ4v) is 5.48. The van der Waals surface area contributed by atoms with Crippen LogP contribution in [0.3, 0.4) is 0 Å². The summed E-state index contributed by atoms with van der Waals surface area (Å²) in [7, 11) is -6.18. The zero-order chi connectivity index (χ0) is 21.9. The number of hydrogen-bond donors (Lipinski definition) is 2. The molecule has 3 rings (SSSR count). The van der Waals surface area contributed by atoms with E-state index in [1.54, 1.807) is 18.2 Å². The van der Waals surface area contributed by atoms with E-state index in [0.717, 1.165) is 5.56 Å². The minimum Gasteiger partial charge on any atom is -0.496 e. The average Bonchev–Trinajstić information content (AvgIpc) is 2.67. The summed E-state index contributed by atoms with van der Waals surface area (Å²) in [5, 5.41) is 0. The zero-order valence-electron chi connectivity index (χ0n) is 16.1. The van der Waals surface area contributed by atoms with Crippen LogP contribution in [0.15, 0.2) is 81.0 Å². The number of hydrogen-bond acceptors (Lipinski definition) is 5. The van der Waals surface area contributed by atoms with Crippen molar-refractivity contribution >= 4 is 47.4 Å².